The van der Waals surface area contributed by atoms with Crippen molar-refractivity contribution in [2.75, 3.05) is 0 Å². The summed E-state index contributed by atoms with van der Waals surface area (Å²) in [6.07, 6.45) is 3.89. The number of benzene rings is 2. The van der Waals surface area contributed by atoms with E-state index in [1.807, 2.05) is 12.4 Å². The van der Waals surface area contributed by atoms with E-state index in [1.165, 1.54) is 43.6 Å². The van der Waals surface area contributed by atoms with Crippen LogP contribution in [-0.4, -0.2) is 19.3 Å². The molecule has 0 spiro atoms. The highest BCUT2D eigenvalue weighted by atomic mass is 15.5. The van der Waals surface area contributed by atoms with Gasteiger partial charge >= 0.3 is 0 Å². The van der Waals surface area contributed by atoms with Crippen molar-refractivity contribution >= 4 is 43.6 Å². The molecule has 4 nitrogen and oxygen atoms in total. The van der Waals surface area contributed by atoms with Crippen LogP contribution in [0.25, 0.3) is 43.6 Å². The summed E-state index contributed by atoms with van der Waals surface area (Å²) < 4.78 is 4.76. The smallest absolute Gasteiger partial charge is 0.0934 e. The SMILES string of the molecule is CC(C)c1nccc2c3ccccc3n(-n3c4ccccc4c4ccnc(C(C)C)c43)c12. The van der Waals surface area contributed by atoms with E-state index in [9.17, 15) is 0 Å². The molecule has 4 heteroatoms. The summed E-state index contributed by atoms with van der Waals surface area (Å²) in [5.41, 5.74) is 6.92. The van der Waals surface area contributed by atoms with Gasteiger partial charge in [-0.1, -0.05) is 64.1 Å². The first-order valence-corrected chi connectivity index (χ1v) is 11.3. The number of aromatic nitrogens is 4. The summed E-state index contributed by atoms with van der Waals surface area (Å²) in [6.45, 7) is 8.88. The number of fused-ring (bicyclic) bond motifs is 6. The third-order valence-corrected chi connectivity index (χ3v) is 6.47. The van der Waals surface area contributed by atoms with Crippen LogP contribution >= 0.6 is 0 Å². The van der Waals surface area contributed by atoms with E-state index in [-0.39, 0.29) is 0 Å². The van der Waals surface area contributed by atoms with E-state index < -0.39 is 0 Å². The zero-order valence-electron chi connectivity index (χ0n) is 18.9. The van der Waals surface area contributed by atoms with Gasteiger partial charge in [-0.15, -0.1) is 0 Å². The number of para-hydroxylation sites is 2. The molecule has 6 rings (SSSR count). The van der Waals surface area contributed by atoms with Gasteiger partial charge in [0.1, 0.15) is 0 Å². The van der Waals surface area contributed by atoms with Crippen molar-refractivity contribution in [1.29, 1.82) is 0 Å². The van der Waals surface area contributed by atoms with Gasteiger partial charge in [0, 0.05) is 33.9 Å². The highest BCUT2D eigenvalue weighted by Crippen LogP contribution is 2.38. The van der Waals surface area contributed by atoms with Crippen molar-refractivity contribution in [3.63, 3.8) is 0 Å². The molecule has 158 valence electrons. The summed E-state index contributed by atoms with van der Waals surface area (Å²) in [5.74, 6) is 0.607. The standard InChI is InChI=1S/C28H26N4/c1-17(2)25-27-21(13-15-29-25)19-9-5-7-11-23(19)31(27)32-24-12-8-6-10-20(24)22-14-16-30-26(18(3)4)28(22)32/h5-18H,1-4H3. The lowest BCUT2D eigenvalue weighted by Gasteiger charge is -2.17. The third kappa shape index (κ3) is 2.49. The first-order valence-electron chi connectivity index (χ1n) is 11.3. The van der Waals surface area contributed by atoms with E-state index in [4.69, 9.17) is 9.97 Å². The monoisotopic (exact) mass is 418 g/mol. The lowest BCUT2D eigenvalue weighted by atomic mass is 10.1. The molecule has 0 fully saturated rings. The minimum Gasteiger partial charge on any atom is -0.259 e. The average molecular weight is 419 g/mol. The molecular weight excluding hydrogens is 392 g/mol. The fourth-order valence-corrected chi connectivity index (χ4v) is 5.09. The minimum atomic E-state index is 0.303. The van der Waals surface area contributed by atoms with Crippen LogP contribution in [-0.2, 0) is 0 Å². The summed E-state index contributed by atoms with van der Waals surface area (Å²) in [6, 6.07) is 21.6. The maximum atomic E-state index is 4.84. The lowest BCUT2D eigenvalue weighted by Crippen LogP contribution is -2.12. The molecule has 4 heterocycles. The van der Waals surface area contributed by atoms with Crippen molar-refractivity contribution in [3.05, 3.63) is 84.4 Å². The van der Waals surface area contributed by atoms with Crippen molar-refractivity contribution in [2.24, 2.45) is 0 Å². The van der Waals surface area contributed by atoms with E-state index >= 15 is 0 Å². The Morgan fingerprint density at radius 2 is 0.938 bits per heavy atom. The van der Waals surface area contributed by atoms with E-state index in [2.05, 4.69) is 97.7 Å². The summed E-state index contributed by atoms with van der Waals surface area (Å²) in [4.78, 5) is 9.68. The molecule has 4 aromatic heterocycles. The van der Waals surface area contributed by atoms with Gasteiger partial charge in [-0.05, 0) is 36.1 Å². The van der Waals surface area contributed by atoms with E-state index in [1.54, 1.807) is 0 Å². The molecule has 0 aliphatic heterocycles. The molecule has 0 radical (unpaired) electrons. The fourth-order valence-electron chi connectivity index (χ4n) is 5.09. The molecule has 0 saturated heterocycles. The molecule has 0 aliphatic rings. The molecule has 0 N–H and O–H groups in total. The van der Waals surface area contributed by atoms with Crippen LogP contribution in [0, 0.1) is 0 Å². The largest absolute Gasteiger partial charge is 0.259 e. The van der Waals surface area contributed by atoms with Gasteiger partial charge in [0.15, 0.2) is 0 Å². The van der Waals surface area contributed by atoms with Crippen LogP contribution in [0.15, 0.2) is 73.1 Å². The molecule has 32 heavy (non-hydrogen) atoms. The van der Waals surface area contributed by atoms with Crippen molar-refractivity contribution < 1.29 is 0 Å². The number of hydrogen-bond acceptors (Lipinski definition) is 2. The highest BCUT2D eigenvalue weighted by Gasteiger charge is 2.23. The van der Waals surface area contributed by atoms with Crippen LogP contribution in [0.5, 0.6) is 0 Å². The maximum absolute atomic E-state index is 4.84. The first-order chi connectivity index (χ1) is 15.6. The van der Waals surface area contributed by atoms with Crippen LogP contribution in [0.2, 0.25) is 0 Å². The molecule has 2 aromatic carbocycles. The normalized spacial score (nSPS) is 12.3. The first kappa shape index (κ1) is 19.1. The fraction of sp³-hybridized carbons (Fsp3) is 0.214. The molecule has 0 atom stereocenters. The molecular formula is C28H26N4. The van der Waals surface area contributed by atoms with Gasteiger partial charge in [-0.25, -0.2) is 9.35 Å². The van der Waals surface area contributed by atoms with E-state index in [0.29, 0.717) is 11.8 Å². The molecule has 0 bridgehead atoms. The molecule has 0 unspecified atom stereocenters. The van der Waals surface area contributed by atoms with Gasteiger partial charge in [0.05, 0.1) is 33.5 Å². The number of rotatable bonds is 3. The van der Waals surface area contributed by atoms with Gasteiger partial charge in [0.2, 0.25) is 0 Å². The summed E-state index contributed by atoms with van der Waals surface area (Å²) in [7, 11) is 0. The minimum absolute atomic E-state index is 0.303. The predicted octanol–water partition coefficient (Wildman–Crippen LogP) is 7.25. The average Bonchev–Trinajstić information content (AvgIpc) is 3.31. The van der Waals surface area contributed by atoms with Crippen molar-refractivity contribution in [3.8, 4) is 0 Å². The quantitative estimate of drug-likeness (QED) is 0.303. The Kier molecular flexibility index (Phi) is 4.12. The van der Waals surface area contributed by atoms with Crippen molar-refractivity contribution in [1.82, 2.24) is 19.3 Å². The Balaban J connectivity index is 1.94. The molecule has 0 saturated carbocycles. The zero-order chi connectivity index (χ0) is 22.0. The van der Waals surface area contributed by atoms with Gasteiger partial charge in [-0.2, -0.15) is 0 Å². The Morgan fingerprint density at radius 1 is 0.531 bits per heavy atom. The van der Waals surface area contributed by atoms with Crippen molar-refractivity contribution in [2.45, 2.75) is 39.5 Å². The number of hydrogen-bond donors (Lipinski definition) is 0. The van der Waals surface area contributed by atoms with Gasteiger partial charge in [-0.3, -0.25) is 9.97 Å². The van der Waals surface area contributed by atoms with Gasteiger partial charge in [0.25, 0.3) is 0 Å². The number of nitrogens with zero attached hydrogens (tertiary/aromatic N) is 4. The van der Waals surface area contributed by atoms with E-state index in [0.717, 1.165) is 11.4 Å². The van der Waals surface area contributed by atoms with Crippen LogP contribution < -0.4 is 0 Å². The van der Waals surface area contributed by atoms with Crippen LogP contribution in [0.1, 0.15) is 50.9 Å². The predicted molar refractivity (Wildman–Crippen MR) is 133 cm³/mol. The third-order valence-electron chi connectivity index (χ3n) is 6.47. The Hall–Kier alpha value is -3.66. The summed E-state index contributed by atoms with van der Waals surface area (Å²) in [5, 5.41) is 4.96. The Morgan fingerprint density at radius 3 is 1.34 bits per heavy atom. The Labute approximate surface area is 187 Å². The second-order valence-electron chi connectivity index (χ2n) is 9.15. The number of pyridine rings is 2. The second kappa shape index (κ2) is 6.92. The zero-order valence-corrected chi connectivity index (χ0v) is 18.9. The topological polar surface area (TPSA) is 35.6 Å². The highest BCUT2D eigenvalue weighted by molar-refractivity contribution is 6.12. The maximum Gasteiger partial charge on any atom is 0.0934 e. The molecule has 0 aliphatic carbocycles. The van der Waals surface area contributed by atoms with Gasteiger partial charge < -0.3 is 0 Å². The molecule has 0 amide bonds. The molecule has 6 aromatic rings. The van der Waals surface area contributed by atoms with Crippen LogP contribution in [0.3, 0.4) is 0 Å². The lowest BCUT2D eigenvalue weighted by molar-refractivity contribution is 0.736. The summed E-state index contributed by atoms with van der Waals surface area (Å²) >= 11 is 0. The second-order valence-corrected chi connectivity index (χ2v) is 9.15. The Bertz CT molecular complexity index is 1510. The van der Waals surface area contributed by atoms with Crippen LogP contribution in [0.4, 0.5) is 0 Å².